The summed E-state index contributed by atoms with van der Waals surface area (Å²) in [4.78, 5) is 28.1. The van der Waals surface area contributed by atoms with Crippen LogP contribution in [-0.4, -0.2) is 29.8 Å². The minimum atomic E-state index is -0.699. The highest BCUT2D eigenvalue weighted by molar-refractivity contribution is 6.36. The summed E-state index contributed by atoms with van der Waals surface area (Å²) in [6.45, 7) is 2.18. The first kappa shape index (κ1) is 24.8. The summed E-state index contributed by atoms with van der Waals surface area (Å²) in [5, 5.41) is 3.65. The van der Waals surface area contributed by atoms with Gasteiger partial charge >= 0.3 is 0 Å². The lowest BCUT2D eigenvalue weighted by Gasteiger charge is -2.32. The molecule has 0 bridgehead atoms. The van der Waals surface area contributed by atoms with Crippen molar-refractivity contribution in [1.82, 2.24) is 10.2 Å². The number of aryl methyl sites for hydroxylation is 2. The van der Waals surface area contributed by atoms with Gasteiger partial charge in [0, 0.05) is 42.0 Å². The Bertz CT molecular complexity index is 1060. The molecule has 33 heavy (non-hydrogen) atoms. The molecule has 1 N–H and O–H groups in total. The van der Waals surface area contributed by atoms with E-state index in [4.69, 9.17) is 23.2 Å². The second-order valence-electron chi connectivity index (χ2n) is 8.03. The molecule has 4 nitrogen and oxygen atoms in total. The van der Waals surface area contributed by atoms with Gasteiger partial charge in [-0.3, -0.25) is 9.59 Å². The number of benzene rings is 3. The van der Waals surface area contributed by atoms with Gasteiger partial charge in [0.05, 0.1) is 0 Å². The van der Waals surface area contributed by atoms with Crippen LogP contribution < -0.4 is 5.32 Å². The topological polar surface area (TPSA) is 49.4 Å². The van der Waals surface area contributed by atoms with Crippen molar-refractivity contribution >= 4 is 35.0 Å². The molecular formula is C27H28Cl2N2O2. The smallest absolute Gasteiger partial charge is 0.242 e. The van der Waals surface area contributed by atoms with Crippen molar-refractivity contribution in [3.05, 3.63) is 105 Å². The summed E-state index contributed by atoms with van der Waals surface area (Å²) in [7, 11) is 1.58. The highest BCUT2D eigenvalue weighted by Gasteiger charge is 2.30. The lowest BCUT2D eigenvalue weighted by Crippen LogP contribution is -2.49. The highest BCUT2D eigenvalue weighted by atomic mass is 35.5. The zero-order chi connectivity index (χ0) is 23.8. The van der Waals surface area contributed by atoms with Crippen molar-refractivity contribution in [2.45, 2.75) is 38.8 Å². The van der Waals surface area contributed by atoms with Crippen LogP contribution in [0.1, 0.15) is 28.7 Å². The maximum Gasteiger partial charge on any atom is 0.242 e. The summed E-state index contributed by atoms with van der Waals surface area (Å²) in [6.07, 6.45) is 1.24. The van der Waals surface area contributed by atoms with Gasteiger partial charge in [0.1, 0.15) is 6.04 Å². The monoisotopic (exact) mass is 482 g/mol. The maximum atomic E-state index is 13.5. The Morgan fingerprint density at radius 2 is 1.52 bits per heavy atom. The van der Waals surface area contributed by atoms with Crippen molar-refractivity contribution in [2.75, 3.05) is 7.05 Å². The SMILES string of the molecule is CNC(=O)[C@H](Cc1ccccc1)N(Cc1c(Cl)cccc1Cl)C(=O)CCc1ccc(C)cc1. The van der Waals surface area contributed by atoms with E-state index in [2.05, 4.69) is 5.32 Å². The minimum Gasteiger partial charge on any atom is -0.357 e. The number of halogens is 2. The molecule has 2 amide bonds. The fraction of sp³-hybridized carbons (Fsp3) is 0.259. The first-order chi connectivity index (χ1) is 15.9. The number of amides is 2. The number of rotatable bonds is 9. The van der Waals surface area contributed by atoms with Gasteiger partial charge in [-0.05, 0) is 36.6 Å². The largest absolute Gasteiger partial charge is 0.357 e. The quantitative estimate of drug-likeness (QED) is 0.430. The number of carbonyl (C=O) groups excluding carboxylic acids is 2. The molecule has 0 saturated carbocycles. The summed E-state index contributed by atoms with van der Waals surface area (Å²) >= 11 is 12.8. The predicted molar refractivity (Wildman–Crippen MR) is 135 cm³/mol. The Hall–Kier alpha value is -2.82. The third kappa shape index (κ3) is 6.83. The zero-order valence-corrected chi connectivity index (χ0v) is 20.4. The van der Waals surface area contributed by atoms with Gasteiger partial charge in [0.25, 0.3) is 0 Å². The van der Waals surface area contributed by atoms with Crippen molar-refractivity contribution in [1.29, 1.82) is 0 Å². The van der Waals surface area contributed by atoms with E-state index in [1.165, 1.54) is 5.56 Å². The van der Waals surface area contributed by atoms with Crippen molar-refractivity contribution in [3.8, 4) is 0 Å². The Balaban J connectivity index is 1.91. The van der Waals surface area contributed by atoms with Crippen LogP contribution in [0.4, 0.5) is 0 Å². The van der Waals surface area contributed by atoms with Crippen LogP contribution >= 0.6 is 23.2 Å². The number of nitrogens with zero attached hydrogens (tertiary/aromatic N) is 1. The molecule has 0 radical (unpaired) electrons. The summed E-state index contributed by atoms with van der Waals surface area (Å²) in [5.41, 5.74) is 3.84. The van der Waals surface area contributed by atoms with Gasteiger partial charge in [-0.15, -0.1) is 0 Å². The molecule has 3 aromatic carbocycles. The Kier molecular flexibility index (Phi) is 8.93. The number of carbonyl (C=O) groups is 2. The zero-order valence-electron chi connectivity index (χ0n) is 18.9. The van der Waals surface area contributed by atoms with Gasteiger partial charge in [-0.2, -0.15) is 0 Å². The molecule has 0 spiro atoms. The van der Waals surface area contributed by atoms with Crippen LogP contribution in [0.25, 0.3) is 0 Å². The molecule has 6 heteroatoms. The molecule has 3 rings (SSSR count). The van der Waals surface area contributed by atoms with Crippen LogP contribution in [0, 0.1) is 6.92 Å². The van der Waals surface area contributed by atoms with E-state index in [1.54, 1.807) is 30.1 Å². The van der Waals surface area contributed by atoms with Gasteiger partial charge in [0.15, 0.2) is 0 Å². The van der Waals surface area contributed by atoms with Gasteiger partial charge < -0.3 is 10.2 Å². The van der Waals surface area contributed by atoms with Crippen LogP contribution in [0.5, 0.6) is 0 Å². The molecule has 0 aliphatic rings. The first-order valence-corrected chi connectivity index (χ1v) is 11.7. The van der Waals surface area contributed by atoms with Crippen LogP contribution in [-0.2, 0) is 29.0 Å². The van der Waals surface area contributed by atoms with E-state index < -0.39 is 6.04 Å². The molecule has 3 aromatic rings. The number of hydrogen-bond acceptors (Lipinski definition) is 2. The van der Waals surface area contributed by atoms with Crippen molar-refractivity contribution in [2.24, 2.45) is 0 Å². The molecular weight excluding hydrogens is 455 g/mol. The van der Waals surface area contributed by atoms with E-state index in [0.717, 1.165) is 11.1 Å². The maximum absolute atomic E-state index is 13.5. The fourth-order valence-corrected chi connectivity index (χ4v) is 4.24. The lowest BCUT2D eigenvalue weighted by molar-refractivity contribution is -0.141. The number of nitrogens with one attached hydrogen (secondary N) is 1. The van der Waals surface area contributed by atoms with Crippen molar-refractivity contribution in [3.63, 3.8) is 0 Å². The van der Waals surface area contributed by atoms with E-state index >= 15 is 0 Å². The van der Waals surface area contributed by atoms with Crippen LogP contribution in [0.15, 0.2) is 72.8 Å². The van der Waals surface area contributed by atoms with E-state index in [9.17, 15) is 9.59 Å². The summed E-state index contributed by atoms with van der Waals surface area (Å²) < 4.78 is 0. The molecule has 0 aromatic heterocycles. The number of likely N-dealkylation sites (N-methyl/N-ethyl adjacent to an activating group) is 1. The standard InChI is InChI=1S/C27H28Cl2N2O2/c1-19-11-13-20(14-12-19)15-16-26(32)31(18-22-23(28)9-6-10-24(22)29)25(27(33)30-2)17-21-7-4-3-5-8-21/h3-14,25H,15-18H2,1-2H3,(H,30,33)/t25-/m0/s1. The summed E-state index contributed by atoms with van der Waals surface area (Å²) in [5.74, 6) is -0.359. The molecule has 0 saturated heterocycles. The molecule has 1 atom stereocenters. The molecule has 0 aliphatic heterocycles. The first-order valence-electron chi connectivity index (χ1n) is 10.9. The normalized spacial score (nSPS) is 11.6. The third-order valence-electron chi connectivity index (χ3n) is 5.66. The van der Waals surface area contributed by atoms with Crippen LogP contribution in [0.3, 0.4) is 0 Å². The van der Waals surface area contributed by atoms with E-state index in [1.807, 2.05) is 61.5 Å². The van der Waals surface area contributed by atoms with Gasteiger partial charge in [-0.25, -0.2) is 0 Å². The Morgan fingerprint density at radius 3 is 2.12 bits per heavy atom. The lowest BCUT2D eigenvalue weighted by atomic mass is 10.0. The average Bonchev–Trinajstić information content (AvgIpc) is 2.82. The molecule has 0 unspecified atom stereocenters. The Labute approximate surface area is 205 Å². The second kappa shape index (κ2) is 11.9. The molecule has 0 aliphatic carbocycles. The molecule has 0 fully saturated rings. The molecule has 0 heterocycles. The Morgan fingerprint density at radius 1 is 0.879 bits per heavy atom. The average molecular weight is 483 g/mol. The summed E-state index contributed by atoms with van der Waals surface area (Å²) in [6, 6.07) is 22.3. The van der Waals surface area contributed by atoms with E-state index in [-0.39, 0.29) is 24.8 Å². The van der Waals surface area contributed by atoms with Crippen LogP contribution in [0.2, 0.25) is 10.0 Å². The minimum absolute atomic E-state index is 0.129. The van der Waals surface area contributed by atoms with Gasteiger partial charge in [0.2, 0.25) is 11.8 Å². The predicted octanol–water partition coefficient (Wildman–Crippen LogP) is 5.62. The second-order valence-corrected chi connectivity index (χ2v) is 8.84. The van der Waals surface area contributed by atoms with Crippen molar-refractivity contribution < 1.29 is 9.59 Å². The highest BCUT2D eigenvalue weighted by Crippen LogP contribution is 2.27. The van der Waals surface area contributed by atoms with E-state index in [0.29, 0.717) is 28.5 Å². The third-order valence-corrected chi connectivity index (χ3v) is 6.36. The fourth-order valence-electron chi connectivity index (χ4n) is 3.72. The molecule has 172 valence electrons. The number of hydrogen-bond donors (Lipinski definition) is 1. The van der Waals surface area contributed by atoms with Gasteiger partial charge in [-0.1, -0.05) is 89.4 Å².